The van der Waals surface area contributed by atoms with Gasteiger partial charge >= 0.3 is 5.69 Å². The minimum atomic E-state index is -0.722. The normalized spacial score (nSPS) is 16.5. The standard InChI is InChI=1S/C34H28F3N7O3/c35-21-4-10-27(20(12-21)15-38)19-2-1-3-26(13-19)43-31-28(14-23(37)16-39-31)33(46)44(34(43)47)25-8-6-24(7-9-25)40-32(45)29-18-42-17-22(36)5-11-30(42)41-29/h1-5,10-14,16-18,24-25H,6-9,15,38H2,(H,40,45). The molecule has 0 aliphatic heterocycles. The summed E-state index contributed by atoms with van der Waals surface area (Å²) >= 11 is 0. The summed E-state index contributed by atoms with van der Waals surface area (Å²) in [7, 11) is 0. The Morgan fingerprint density at radius 2 is 1.70 bits per heavy atom. The number of hydrogen-bond donors (Lipinski definition) is 2. The summed E-state index contributed by atoms with van der Waals surface area (Å²) in [5.74, 6) is -2.02. The summed E-state index contributed by atoms with van der Waals surface area (Å²) in [4.78, 5) is 49.2. The molecular formula is C34H28F3N7O3. The molecule has 1 amide bonds. The molecule has 6 aromatic rings. The van der Waals surface area contributed by atoms with Crippen LogP contribution in [-0.4, -0.2) is 35.5 Å². The van der Waals surface area contributed by atoms with Crippen LogP contribution in [-0.2, 0) is 6.54 Å². The first-order chi connectivity index (χ1) is 22.7. The number of pyridine rings is 2. The predicted octanol–water partition coefficient (Wildman–Crippen LogP) is 4.65. The third-order valence-electron chi connectivity index (χ3n) is 8.64. The molecule has 1 fully saturated rings. The average Bonchev–Trinajstić information content (AvgIpc) is 3.49. The van der Waals surface area contributed by atoms with Gasteiger partial charge in [0.1, 0.15) is 28.8 Å². The fourth-order valence-corrected chi connectivity index (χ4v) is 6.37. The number of imidazole rings is 1. The molecule has 0 atom stereocenters. The van der Waals surface area contributed by atoms with E-state index in [0.29, 0.717) is 53.7 Å². The van der Waals surface area contributed by atoms with Gasteiger partial charge in [0.25, 0.3) is 11.5 Å². The number of amides is 1. The monoisotopic (exact) mass is 639 g/mol. The van der Waals surface area contributed by atoms with Crippen molar-refractivity contribution in [1.82, 2.24) is 28.8 Å². The van der Waals surface area contributed by atoms with Gasteiger partial charge in [-0.15, -0.1) is 0 Å². The molecule has 4 heterocycles. The highest BCUT2D eigenvalue weighted by atomic mass is 19.1. The van der Waals surface area contributed by atoms with Gasteiger partial charge in [-0.2, -0.15) is 0 Å². The first-order valence-corrected chi connectivity index (χ1v) is 15.1. The highest BCUT2D eigenvalue weighted by Crippen LogP contribution is 2.29. The lowest BCUT2D eigenvalue weighted by atomic mass is 9.90. The number of fused-ring (bicyclic) bond motifs is 2. The van der Waals surface area contributed by atoms with Gasteiger partial charge in [0.05, 0.1) is 17.3 Å². The lowest BCUT2D eigenvalue weighted by Gasteiger charge is -2.30. The van der Waals surface area contributed by atoms with E-state index in [2.05, 4.69) is 15.3 Å². The van der Waals surface area contributed by atoms with Gasteiger partial charge in [0.2, 0.25) is 0 Å². The summed E-state index contributed by atoms with van der Waals surface area (Å²) in [5, 5.41) is 2.89. The van der Waals surface area contributed by atoms with Gasteiger partial charge < -0.3 is 15.5 Å². The van der Waals surface area contributed by atoms with Crippen molar-refractivity contribution >= 4 is 22.6 Å². The highest BCUT2D eigenvalue weighted by molar-refractivity contribution is 5.93. The minimum Gasteiger partial charge on any atom is -0.348 e. The van der Waals surface area contributed by atoms with E-state index < -0.39 is 40.6 Å². The summed E-state index contributed by atoms with van der Waals surface area (Å²) in [5.41, 5.74) is 7.45. The molecule has 2 aromatic carbocycles. The maximum absolute atomic E-state index is 14.4. The molecule has 7 rings (SSSR count). The van der Waals surface area contributed by atoms with Gasteiger partial charge in [-0.25, -0.2) is 32.5 Å². The van der Waals surface area contributed by atoms with Crippen LogP contribution in [0.3, 0.4) is 0 Å². The molecular weight excluding hydrogens is 611 g/mol. The van der Waals surface area contributed by atoms with E-state index in [4.69, 9.17) is 5.73 Å². The molecule has 0 bridgehead atoms. The first kappa shape index (κ1) is 30.1. The van der Waals surface area contributed by atoms with Crippen LogP contribution < -0.4 is 22.3 Å². The Morgan fingerprint density at radius 3 is 2.49 bits per heavy atom. The van der Waals surface area contributed by atoms with Crippen LogP contribution in [0.1, 0.15) is 47.8 Å². The first-order valence-electron chi connectivity index (χ1n) is 15.1. The molecule has 4 aromatic heterocycles. The topological polar surface area (TPSA) is 129 Å². The second kappa shape index (κ2) is 12.0. The number of benzene rings is 2. The molecule has 0 spiro atoms. The summed E-state index contributed by atoms with van der Waals surface area (Å²) in [6.45, 7) is 0.0913. The van der Waals surface area contributed by atoms with Gasteiger partial charge in [-0.1, -0.05) is 18.2 Å². The number of nitrogens with one attached hydrogen (secondary N) is 1. The number of rotatable bonds is 6. The number of carbonyl (C=O) groups is 1. The third-order valence-corrected chi connectivity index (χ3v) is 8.64. The Hall–Kier alpha value is -5.56. The van der Waals surface area contributed by atoms with Crippen molar-refractivity contribution < 1.29 is 18.0 Å². The maximum Gasteiger partial charge on any atom is 0.337 e. The van der Waals surface area contributed by atoms with Crippen LogP contribution in [0, 0.1) is 17.5 Å². The van der Waals surface area contributed by atoms with Crippen LogP contribution in [0.25, 0.3) is 33.5 Å². The molecule has 47 heavy (non-hydrogen) atoms. The van der Waals surface area contributed by atoms with E-state index >= 15 is 0 Å². The molecule has 0 unspecified atom stereocenters. The van der Waals surface area contributed by atoms with Crippen LogP contribution in [0.5, 0.6) is 0 Å². The molecule has 238 valence electrons. The molecule has 1 aliphatic rings. The van der Waals surface area contributed by atoms with E-state index in [1.807, 2.05) is 0 Å². The average molecular weight is 640 g/mol. The van der Waals surface area contributed by atoms with Gasteiger partial charge in [-0.05, 0) is 84.8 Å². The summed E-state index contributed by atoms with van der Waals surface area (Å²) in [6.07, 6.45) is 5.34. The Balaban J connectivity index is 1.21. The SMILES string of the molecule is NCc1cc(F)ccc1-c1cccc(-n2c(=O)n(C3CCC(NC(=O)c4cn5cc(F)ccc5n4)CC3)c(=O)c3cc(F)cnc32)c1. The number of halogens is 3. The molecule has 0 saturated heterocycles. The molecule has 10 nitrogen and oxygen atoms in total. The van der Waals surface area contributed by atoms with Crippen LogP contribution in [0.15, 0.2) is 88.8 Å². The zero-order chi connectivity index (χ0) is 32.8. The minimum absolute atomic E-state index is 0.00115. The van der Waals surface area contributed by atoms with Gasteiger partial charge in [-0.3, -0.25) is 14.2 Å². The molecule has 13 heteroatoms. The smallest absolute Gasteiger partial charge is 0.337 e. The lowest BCUT2D eigenvalue weighted by Crippen LogP contribution is -2.45. The summed E-state index contributed by atoms with van der Waals surface area (Å²) < 4.78 is 45.8. The predicted molar refractivity (Wildman–Crippen MR) is 169 cm³/mol. The van der Waals surface area contributed by atoms with Crippen molar-refractivity contribution in [3.8, 4) is 16.8 Å². The van der Waals surface area contributed by atoms with Gasteiger partial charge in [0, 0.05) is 31.0 Å². The zero-order valence-corrected chi connectivity index (χ0v) is 24.9. The van der Waals surface area contributed by atoms with E-state index in [9.17, 15) is 27.6 Å². The van der Waals surface area contributed by atoms with Gasteiger partial charge in [0.15, 0.2) is 5.65 Å². The van der Waals surface area contributed by atoms with Crippen molar-refractivity contribution in [2.45, 2.75) is 44.3 Å². The quantitative estimate of drug-likeness (QED) is 0.273. The van der Waals surface area contributed by atoms with Crippen molar-refractivity contribution in [1.29, 1.82) is 0 Å². The largest absolute Gasteiger partial charge is 0.348 e. The number of nitrogens with two attached hydrogens (primary N) is 1. The number of nitrogens with zero attached hydrogens (tertiary/aromatic N) is 5. The number of hydrogen-bond acceptors (Lipinski definition) is 6. The van der Waals surface area contributed by atoms with Crippen molar-refractivity contribution in [2.24, 2.45) is 5.73 Å². The van der Waals surface area contributed by atoms with E-state index in [0.717, 1.165) is 16.8 Å². The van der Waals surface area contributed by atoms with Crippen LogP contribution in [0.4, 0.5) is 13.2 Å². The third kappa shape index (κ3) is 5.58. The molecule has 1 aliphatic carbocycles. The van der Waals surface area contributed by atoms with Crippen molar-refractivity contribution in [3.63, 3.8) is 0 Å². The second-order valence-corrected chi connectivity index (χ2v) is 11.6. The Kier molecular flexibility index (Phi) is 7.68. The number of aromatic nitrogens is 5. The molecule has 1 saturated carbocycles. The number of carbonyl (C=O) groups excluding carboxylic acids is 1. The van der Waals surface area contributed by atoms with E-state index in [-0.39, 0.29) is 29.3 Å². The second-order valence-electron chi connectivity index (χ2n) is 11.6. The fraction of sp³-hybridized carbons (Fsp3) is 0.206. The van der Waals surface area contributed by atoms with Crippen LogP contribution in [0.2, 0.25) is 0 Å². The van der Waals surface area contributed by atoms with Crippen LogP contribution >= 0.6 is 0 Å². The zero-order valence-electron chi connectivity index (χ0n) is 24.9. The highest BCUT2D eigenvalue weighted by Gasteiger charge is 2.28. The van der Waals surface area contributed by atoms with Crippen molar-refractivity contribution in [3.05, 3.63) is 129 Å². The van der Waals surface area contributed by atoms with E-state index in [1.54, 1.807) is 30.3 Å². The lowest BCUT2D eigenvalue weighted by molar-refractivity contribution is 0.0917. The molecule has 3 N–H and O–H groups in total. The Morgan fingerprint density at radius 1 is 0.915 bits per heavy atom. The Bertz CT molecular complexity index is 2310. The maximum atomic E-state index is 14.4. The molecule has 0 radical (unpaired) electrons. The Labute approximate surface area is 264 Å². The fourth-order valence-electron chi connectivity index (χ4n) is 6.37. The van der Waals surface area contributed by atoms with E-state index in [1.165, 1.54) is 45.6 Å². The summed E-state index contributed by atoms with van der Waals surface area (Å²) in [6, 6.07) is 14.2. The van der Waals surface area contributed by atoms with Crippen molar-refractivity contribution in [2.75, 3.05) is 0 Å².